The Balaban J connectivity index is 1.73. The molecule has 1 aromatic carbocycles. The second kappa shape index (κ2) is 6.91. The molecule has 2 unspecified atom stereocenters. The van der Waals surface area contributed by atoms with E-state index in [0.717, 1.165) is 50.1 Å². The zero-order valence-corrected chi connectivity index (χ0v) is 16.6. The van der Waals surface area contributed by atoms with Gasteiger partial charge in [-0.2, -0.15) is 0 Å². The van der Waals surface area contributed by atoms with Gasteiger partial charge < -0.3 is 9.64 Å². The number of hydrogen-bond donors (Lipinski definition) is 0. The molecule has 4 rings (SSSR count). The number of piperidine rings is 1. The Morgan fingerprint density at radius 2 is 2.11 bits per heavy atom. The lowest BCUT2D eigenvalue weighted by Crippen LogP contribution is -2.48. The summed E-state index contributed by atoms with van der Waals surface area (Å²) in [5, 5.41) is 0.774. The first-order valence-electron chi connectivity index (χ1n) is 9.27. The van der Waals surface area contributed by atoms with Crippen molar-refractivity contribution in [2.24, 2.45) is 0 Å². The predicted octanol–water partition coefficient (Wildman–Crippen LogP) is 2.39. The van der Waals surface area contributed by atoms with E-state index in [-0.39, 0.29) is 11.8 Å². The van der Waals surface area contributed by atoms with Crippen LogP contribution in [0.2, 0.25) is 0 Å². The number of methoxy groups -OCH3 is 1. The summed E-state index contributed by atoms with van der Waals surface area (Å²) in [7, 11) is -0.702. The molecule has 2 aliphatic rings. The summed E-state index contributed by atoms with van der Waals surface area (Å²) in [6.45, 7) is 4.24. The third kappa shape index (κ3) is 3.36. The second-order valence-corrected chi connectivity index (χ2v) is 9.73. The molecule has 3 heterocycles. The summed E-state index contributed by atoms with van der Waals surface area (Å²) in [4.78, 5) is 11.3. The molecule has 0 saturated carbocycles. The summed E-state index contributed by atoms with van der Waals surface area (Å²) in [6.07, 6.45) is 2.92. The normalized spacial score (nSPS) is 26.6. The first-order valence-corrected chi connectivity index (χ1v) is 11.1. The van der Waals surface area contributed by atoms with Crippen molar-refractivity contribution in [2.75, 3.05) is 37.4 Å². The summed E-state index contributed by atoms with van der Waals surface area (Å²) in [5.41, 5.74) is 0.569. The van der Waals surface area contributed by atoms with Gasteiger partial charge in [0.1, 0.15) is 11.6 Å². The maximum atomic E-state index is 14.1. The zero-order valence-electron chi connectivity index (χ0n) is 15.8. The van der Waals surface area contributed by atoms with Crippen LogP contribution in [0.5, 0.6) is 5.75 Å². The average molecular weight is 393 g/mol. The first-order chi connectivity index (χ1) is 12.9. The van der Waals surface area contributed by atoms with Gasteiger partial charge in [0.25, 0.3) is 0 Å². The van der Waals surface area contributed by atoms with Crippen LogP contribution in [0.4, 0.5) is 10.2 Å². The molecule has 146 valence electrons. The molecule has 8 heteroatoms. The number of hydrogen-bond acceptors (Lipinski definition) is 5. The Kier molecular flexibility index (Phi) is 4.71. The minimum atomic E-state index is -2.15. The fraction of sp³-hybridized carbons (Fsp3) is 0.526. The quantitative estimate of drug-likeness (QED) is 0.751. The highest BCUT2D eigenvalue weighted by atomic mass is 32.2. The van der Waals surface area contributed by atoms with E-state index in [9.17, 15) is 8.60 Å². The Hall–Kier alpha value is -1.93. The van der Waals surface area contributed by atoms with Gasteiger partial charge in [-0.15, -0.1) is 0 Å². The van der Waals surface area contributed by atoms with Gasteiger partial charge in [-0.3, -0.25) is 4.21 Å². The van der Waals surface area contributed by atoms with Crippen molar-refractivity contribution in [2.45, 2.75) is 32.2 Å². The van der Waals surface area contributed by atoms with Gasteiger partial charge in [0.2, 0.25) is 0 Å². The van der Waals surface area contributed by atoms with Gasteiger partial charge in [0.15, 0.2) is 11.6 Å². The van der Waals surface area contributed by atoms with E-state index in [0.29, 0.717) is 17.1 Å². The van der Waals surface area contributed by atoms with E-state index in [2.05, 4.69) is 25.0 Å². The summed E-state index contributed by atoms with van der Waals surface area (Å²) < 4.78 is 34.1. The number of aryl methyl sites for hydroxylation is 1. The van der Waals surface area contributed by atoms with E-state index >= 15 is 0 Å². The predicted molar refractivity (Wildman–Crippen MR) is 107 cm³/mol. The molecule has 2 aliphatic heterocycles. The monoisotopic (exact) mass is 392 g/mol. The minimum absolute atomic E-state index is 0.185. The van der Waals surface area contributed by atoms with Gasteiger partial charge in [-0.1, -0.05) is 0 Å². The molecule has 1 aromatic heterocycles. The van der Waals surface area contributed by atoms with E-state index in [1.807, 2.05) is 6.92 Å². The average Bonchev–Trinajstić information content (AvgIpc) is 2.99. The van der Waals surface area contributed by atoms with E-state index in [4.69, 9.17) is 4.74 Å². The SMILES string of the molecule is C=S1(=O)CCCN1C1CCCN(c2nc(C)nc3cc(F)c(OC)cc23)C1. The number of halogens is 1. The van der Waals surface area contributed by atoms with Crippen LogP contribution in [0.1, 0.15) is 25.1 Å². The van der Waals surface area contributed by atoms with E-state index in [1.165, 1.54) is 13.2 Å². The molecule has 0 N–H and O–H groups in total. The Bertz CT molecular complexity index is 979. The number of nitrogens with zero attached hydrogens (tertiary/aromatic N) is 4. The van der Waals surface area contributed by atoms with Gasteiger partial charge in [0, 0.05) is 52.6 Å². The number of aromatic nitrogens is 2. The summed E-state index contributed by atoms with van der Waals surface area (Å²) in [6, 6.07) is 3.26. The van der Waals surface area contributed by atoms with Crippen molar-refractivity contribution in [1.29, 1.82) is 0 Å². The van der Waals surface area contributed by atoms with Crippen molar-refractivity contribution in [3.63, 3.8) is 0 Å². The van der Waals surface area contributed by atoms with Crippen LogP contribution in [-0.2, 0) is 9.71 Å². The molecule has 2 atom stereocenters. The minimum Gasteiger partial charge on any atom is -0.494 e. The molecule has 2 fully saturated rings. The molecular formula is C19H25FN4O2S. The summed E-state index contributed by atoms with van der Waals surface area (Å²) in [5.74, 6) is 5.79. The smallest absolute Gasteiger partial charge is 0.167 e. The number of benzene rings is 1. The van der Waals surface area contributed by atoms with Crippen molar-refractivity contribution in [1.82, 2.24) is 14.3 Å². The van der Waals surface area contributed by atoms with Gasteiger partial charge in [-0.25, -0.2) is 18.7 Å². The van der Waals surface area contributed by atoms with Crippen LogP contribution in [-0.4, -0.2) is 62.9 Å². The van der Waals surface area contributed by atoms with E-state index in [1.54, 1.807) is 6.07 Å². The van der Waals surface area contributed by atoms with Crippen LogP contribution in [0.25, 0.3) is 10.9 Å². The highest BCUT2D eigenvalue weighted by Crippen LogP contribution is 2.33. The zero-order chi connectivity index (χ0) is 19.2. The second-order valence-electron chi connectivity index (χ2n) is 7.31. The fourth-order valence-corrected chi connectivity index (χ4v) is 6.18. The fourth-order valence-electron chi connectivity index (χ4n) is 4.19. The molecule has 0 spiro atoms. The maximum Gasteiger partial charge on any atom is 0.167 e. The molecule has 2 saturated heterocycles. The lowest BCUT2D eigenvalue weighted by molar-refractivity contribution is 0.308. The lowest BCUT2D eigenvalue weighted by atomic mass is 10.0. The molecule has 6 nitrogen and oxygen atoms in total. The van der Waals surface area contributed by atoms with Crippen LogP contribution >= 0.6 is 0 Å². The van der Waals surface area contributed by atoms with Crippen molar-refractivity contribution >= 4 is 32.3 Å². The van der Waals surface area contributed by atoms with Crippen LogP contribution in [0.3, 0.4) is 0 Å². The topological polar surface area (TPSA) is 58.6 Å². The van der Waals surface area contributed by atoms with Gasteiger partial charge >= 0.3 is 0 Å². The third-order valence-corrected chi connectivity index (χ3v) is 7.70. The van der Waals surface area contributed by atoms with Crippen LogP contribution in [0.15, 0.2) is 12.1 Å². The van der Waals surface area contributed by atoms with Crippen LogP contribution in [0, 0.1) is 12.7 Å². The molecule has 27 heavy (non-hydrogen) atoms. The van der Waals surface area contributed by atoms with Gasteiger partial charge in [0.05, 0.1) is 12.6 Å². The molecular weight excluding hydrogens is 367 g/mol. The van der Waals surface area contributed by atoms with Crippen molar-refractivity contribution in [3.05, 3.63) is 23.8 Å². The van der Waals surface area contributed by atoms with Crippen molar-refractivity contribution in [3.8, 4) is 5.75 Å². The van der Waals surface area contributed by atoms with E-state index < -0.39 is 15.5 Å². The van der Waals surface area contributed by atoms with Crippen LogP contribution < -0.4 is 9.64 Å². The Morgan fingerprint density at radius 1 is 1.30 bits per heavy atom. The summed E-state index contributed by atoms with van der Waals surface area (Å²) >= 11 is 0. The molecule has 2 aromatic rings. The highest BCUT2D eigenvalue weighted by molar-refractivity contribution is 7.98. The molecule has 0 aliphatic carbocycles. The molecule has 0 bridgehead atoms. The molecule has 0 radical (unpaired) electrons. The number of rotatable bonds is 3. The number of fused-ring (bicyclic) bond motifs is 1. The Labute approximate surface area is 159 Å². The maximum absolute atomic E-state index is 14.1. The van der Waals surface area contributed by atoms with Gasteiger partial charge in [-0.05, 0) is 38.1 Å². The number of anilines is 1. The lowest BCUT2D eigenvalue weighted by Gasteiger charge is -2.39. The largest absolute Gasteiger partial charge is 0.494 e. The van der Waals surface area contributed by atoms with Crippen molar-refractivity contribution < 1.29 is 13.3 Å². The first kappa shape index (κ1) is 18.4. The standard InChI is InChI=1S/C19H25FN4O2S/c1-13-21-17-11-16(20)18(26-2)10-15(17)19(22-13)23-7-4-6-14(12-23)24-8-5-9-27(24,3)25/h10-11,14H,3-9,12H2,1-2H3. The Morgan fingerprint density at radius 3 is 2.81 bits per heavy atom. The highest BCUT2D eigenvalue weighted by Gasteiger charge is 2.34. The molecule has 0 amide bonds. The third-order valence-electron chi connectivity index (χ3n) is 5.43. The number of ether oxygens (including phenoxy) is 1.